The summed E-state index contributed by atoms with van der Waals surface area (Å²) in [5, 5.41) is 4.43. The lowest BCUT2D eigenvalue weighted by molar-refractivity contribution is 0.668. The van der Waals surface area contributed by atoms with Gasteiger partial charge in [0.25, 0.3) is 0 Å². The normalized spacial score (nSPS) is 11.5. The summed E-state index contributed by atoms with van der Waals surface area (Å²) in [5.74, 6) is 0. The third-order valence-electron chi connectivity index (χ3n) is 9.85. The van der Waals surface area contributed by atoms with E-state index < -0.39 is 0 Å². The first-order chi connectivity index (χ1) is 25.3. The minimum Gasteiger partial charge on any atom is -0.456 e. The van der Waals surface area contributed by atoms with Crippen LogP contribution in [0.4, 0.5) is 17.1 Å². The number of anilines is 3. The van der Waals surface area contributed by atoms with Crippen LogP contribution in [-0.4, -0.2) is 0 Å². The quantitative estimate of drug-likeness (QED) is 0.179. The molecule has 2 aromatic heterocycles. The zero-order valence-corrected chi connectivity index (χ0v) is 27.7. The van der Waals surface area contributed by atoms with Gasteiger partial charge in [-0.3, -0.25) is 0 Å². The maximum absolute atomic E-state index is 6.40. The first-order valence-electron chi connectivity index (χ1n) is 17.2. The van der Waals surface area contributed by atoms with E-state index in [0.717, 1.165) is 83.2 Å². The molecule has 0 radical (unpaired) electrons. The third-order valence-corrected chi connectivity index (χ3v) is 9.85. The van der Waals surface area contributed by atoms with Crippen molar-refractivity contribution in [2.45, 2.75) is 0 Å². The van der Waals surface area contributed by atoms with Crippen LogP contribution in [-0.2, 0) is 0 Å². The average molecular weight is 654 g/mol. The minimum absolute atomic E-state index is 0.860. The molecule has 0 aliphatic carbocycles. The largest absolute Gasteiger partial charge is 0.456 e. The fourth-order valence-electron chi connectivity index (χ4n) is 7.41. The maximum atomic E-state index is 6.40. The molecule has 0 spiro atoms. The highest BCUT2D eigenvalue weighted by molar-refractivity contribution is 6.13. The molecule has 0 saturated heterocycles. The monoisotopic (exact) mass is 653 g/mol. The van der Waals surface area contributed by atoms with Crippen molar-refractivity contribution >= 4 is 60.9 Å². The van der Waals surface area contributed by atoms with E-state index in [2.05, 4.69) is 169 Å². The van der Waals surface area contributed by atoms with Crippen LogP contribution in [0.3, 0.4) is 0 Å². The molecular weight excluding hydrogens is 623 g/mol. The molecule has 2 heterocycles. The highest BCUT2D eigenvalue weighted by Crippen LogP contribution is 2.45. The highest BCUT2D eigenvalue weighted by Gasteiger charge is 2.21. The molecule has 8 aromatic carbocycles. The van der Waals surface area contributed by atoms with Gasteiger partial charge in [0.05, 0.1) is 11.1 Å². The van der Waals surface area contributed by atoms with Crippen LogP contribution in [0.25, 0.3) is 77.3 Å². The summed E-state index contributed by atoms with van der Waals surface area (Å²) in [6, 6.07) is 66.4. The van der Waals surface area contributed by atoms with Crippen molar-refractivity contribution in [2.24, 2.45) is 0 Å². The molecule has 0 aliphatic heterocycles. The summed E-state index contributed by atoms with van der Waals surface area (Å²) in [5.41, 5.74) is 13.6. The maximum Gasteiger partial charge on any atom is 0.137 e. The fraction of sp³-hybridized carbons (Fsp3) is 0. The summed E-state index contributed by atoms with van der Waals surface area (Å²) in [7, 11) is 0. The van der Waals surface area contributed by atoms with Gasteiger partial charge in [-0.25, -0.2) is 0 Å². The molecule has 240 valence electrons. The molecule has 0 fully saturated rings. The van der Waals surface area contributed by atoms with Crippen LogP contribution in [0.5, 0.6) is 0 Å². The van der Waals surface area contributed by atoms with Crippen LogP contribution < -0.4 is 4.90 Å². The molecule has 0 saturated carbocycles. The number of fused-ring (bicyclic) bond motifs is 6. The molecule has 0 atom stereocenters. The Morgan fingerprint density at radius 2 is 0.824 bits per heavy atom. The number of benzene rings is 8. The van der Waals surface area contributed by atoms with E-state index in [1.54, 1.807) is 0 Å². The van der Waals surface area contributed by atoms with Gasteiger partial charge >= 0.3 is 0 Å². The van der Waals surface area contributed by atoms with Crippen molar-refractivity contribution in [2.75, 3.05) is 4.90 Å². The van der Waals surface area contributed by atoms with E-state index in [1.807, 2.05) is 24.3 Å². The van der Waals surface area contributed by atoms with Crippen molar-refractivity contribution < 1.29 is 8.83 Å². The van der Waals surface area contributed by atoms with Gasteiger partial charge in [0.1, 0.15) is 22.3 Å². The molecular formula is C48H31NO2. The van der Waals surface area contributed by atoms with E-state index in [9.17, 15) is 0 Å². The number of rotatable bonds is 6. The summed E-state index contributed by atoms with van der Waals surface area (Å²) >= 11 is 0. The minimum atomic E-state index is 0.860. The highest BCUT2D eigenvalue weighted by atomic mass is 16.3. The van der Waals surface area contributed by atoms with E-state index in [0.29, 0.717) is 0 Å². The predicted molar refractivity (Wildman–Crippen MR) is 212 cm³/mol. The van der Waals surface area contributed by atoms with E-state index in [4.69, 9.17) is 8.83 Å². The van der Waals surface area contributed by atoms with Crippen molar-refractivity contribution in [1.29, 1.82) is 0 Å². The molecule has 3 heteroatoms. The lowest BCUT2D eigenvalue weighted by Gasteiger charge is -2.28. The Bertz CT molecular complexity index is 2790. The van der Waals surface area contributed by atoms with Gasteiger partial charge in [-0.1, -0.05) is 121 Å². The lowest BCUT2D eigenvalue weighted by atomic mass is 9.97. The van der Waals surface area contributed by atoms with Crippen molar-refractivity contribution in [1.82, 2.24) is 0 Å². The van der Waals surface area contributed by atoms with Gasteiger partial charge in [0.15, 0.2) is 0 Å². The molecule has 0 amide bonds. The van der Waals surface area contributed by atoms with E-state index >= 15 is 0 Å². The van der Waals surface area contributed by atoms with Crippen LogP contribution >= 0.6 is 0 Å². The van der Waals surface area contributed by atoms with E-state index in [1.165, 1.54) is 11.1 Å². The van der Waals surface area contributed by atoms with Crippen LogP contribution in [0.2, 0.25) is 0 Å². The second-order valence-corrected chi connectivity index (χ2v) is 12.9. The molecule has 3 nitrogen and oxygen atoms in total. The Balaban J connectivity index is 1.18. The Morgan fingerprint density at radius 3 is 1.53 bits per heavy atom. The zero-order chi connectivity index (χ0) is 33.7. The first-order valence-corrected chi connectivity index (χ1v) is 17.2. The molecule has 10 rings (SSSR count). The second kappa shape index (κ2) is 11.9. The smallest absolute Gasteiger partial charge is 0.137 e. The number of furan rings is 2. The summed E-state index contributed by atoms with van der Waals surface area (Å²) in [6.45, 7) is 0. The molecule has 10 aromatic rings. The second-order valence-electron chi connectivity index (χ2n) is 12.9. The van der Waals surface area contributed by atoms with Crippen molar-refractivity contribution in [3.8, 4) is 33.4 Å². The van der Waals surface area contributed by atoms with Crippen LogP contribution in [0, 0.1) is 0 Å². The lowest BCUT2D eigenvalue weighted by Crippen LogP contribution is -2.10. The zero-order valence-electron chi connectivity index (χ0n) is 27.7. The van der Waals surface area contributed by atoms with Gasteiger partial charge in [-0.05, 0) is 100 Å². The SMILES string of the molecule is c1ccc(-c2cc(-c3ccccc3)cc(N(c3ccc(-c4ccc5oc6ccccc6c5c4)cc3)c3cccc4oc5ccccc5c34)c2)cc1. The Labute approximate surface area is 295 Å². The molecule has 0 bridgehead atoms. The van der Waals surface area contributed by atoms with Gasteiger partial charge in [-0.15, -0.1) is 0 Å². The van der Waals surface area contributed by atoms with Crippen molar-refractivity contribution in [3.63, 3.8) is 0 Å². The number of nitrogens with zero attached hydrogens (tertiary/aromatic N) is 1. The molecule has 0 unspecified atom stereocenters. The van der Waals surface area contributed by atoms with Gasteiger partial charge in [0, 0.05) is 27.5 Å². The average Bonchev–Trinajstić information content (AvgIpc) is 3.77. The predicted octanol–water partition coefficient (Wildman–Crippen LogP) is 14.0. The Kier molecular flexibility index (Phi) is 6.81. The molecule has 0 N–H and O–H groups in total. The Morgan fingerprint density at radius 1 is 0.294 bits per heavy atom. The topological polar surface area (TPSA) is 29.5 Å². The first kappa shape index (κ1) is 29.1. The van der Waals surface area contributed by atoms with Crippen LogP contribution in [0.1, 0.15) is 0 Å². The van der Waals surface area contributed by atoms with Crippen molar-refractivity contribution in [3.05, 3.63) is 188 Å². The molecule has 51 heavy (non-hydrogen) atoms. The van der Waals surface area contributed by atoms with E-state index in [-0.39, 0.29) is 0 Å². The third kappa shape index (κ3) is 5.06. The van der Waals surface area contributed by atoms with Crippen LogP contribution in [0.15, 0.2) is 197 Å². The Hall–Kier alpha value is -6.84. The summed E-state index contributed by atoms with van der Waals surface area (Å²) in [4.78, 5) is 2.37. The fourth-order valence-corrected chi connectivity index (χ4v) is 7.41. The molecule has 0 aliphatic rings. The van der Waals surface area contributed by atoms with Gasteiger partial charge in [0.2, 0.25) is 0 Å². The number of para-hydroxylation sites is 2. The van der Waals surface area contributed by atoms with Gasteiger partial charge in [-0.2, -0.15) is 0 Å². The summed E-state index contributed by atoms with van der Waals surface area (Å²) in [6.07, 6.45) is 0. The number of hydrogen-bond donors (Lipinski definition) is 0. The van der Waals surface area contributed by atoms with Gasteiger partial charge < -0.3 is 13.7 Å². The summed E-state index contributed by atoms with van der Waals surface area (Å²) < 4.78 is 12.5. The number of hydrogen-bond acceptors (Lipinski definition) is 3. The standard InChI is InChI=1S/C48H31NO2/c1-3-12-32(13-4-1)36-28-37(33-14-5-2-6-15-33)30-39(29-36)49(43-18-11-21-47-48(43)41-17-8-10-20-45(41)51-47)38-25-22-34(23-26-38)35-24-27-46-42(31-35)40-16-7-9-19-44(40)50-46/h1-31H.